The monoisotopic (exact) mass is 470 g/mol. The van der Waals surface area contributed by atoms with Gasteiger partial charge in [-0.3, -0.25) is 14.4 Å². The first kappa shape index (κ1) is 25.8. The Kier molecular flexibility index (Phi) is 6.58. The number of ketones is 3. The highest BCUT2D eigenvalue weighted by molar-refractivity contribution is 6.22. The minimum atomic E-state index is -0.699. The average molecular weight is 471 g/mol. The van der Waals surface area contributed by atoms with E-state index in [1.54, 1.807) is 0 Å². The maximum absolute atomic E-state index is 14.4. The van der Waals surface area contributed by atoms with Gasteiger partial charge in [-0.2, -0.15) is 0 Å². The van der Waals surface area contributed by atoms with Gasteiger partial charge in [-0.15, -0.1) is 0 Å². The summed E-state index contributed by atoms with van der Waals surface area (Å²) in [5.41, 5.74) is 0.216. The highest BCUT2D eigenvalue weighted by Crippen LogP contribution is 2.70. The molecule has 0 radical (unpaired) electrons. The number of hydrogen-bond donors (Lipinski definition) is 0. The fourth-order valence-electron chi connectivity index (χ4n) is 9.33. The van der Waals surface area contributed by atoms with Gasteiger partial charge in [0.05, 0.1) is 11.7 Å². The van der Waals surface area contributed by atoms with E-state index in [0.29, 0.717) is 17.3 Å². The standard InChI is InChI=1S/C30H46O4/c1-9-10-13-34-22-12-11-17(2)24-21(22)15-28(6)16-29(7)14-18(3)23(20(5)31)27(33)30(29,8)19(4)25(28)26(24)32/h17,19,21-22,24-25H,9-16H2,1-8H3. The van der Waals surface area contributed by atoms with Crippen molar-refractivity contribution < 1.29 is 19.1 Å². The number of carbonyl (C=O) groups is 3. The van der Waals surface area contributed by atoms with Crippen molar-refractivity contribution in [2.75, 3.05) is 6.61 Å². The van der Waals surface area contributed by atoms with Crippen LogP contribution < -0.4 is 0 Å². The highest BCUT2D eigenvalue weighted by atomic mass is 16.5. The molecule has 0 aromatic rings. The summed E-state index contributed by atoms with van der Waals surface area (Å²) in [7, 11) is 0. The Labute approximate surface area is 206 Å². The summed E-state index contributed by atoms with van der Waals surface area (Å²) in [4.78, 5) is 40.8. The van der Waals surface area contributed by atoms with Gasteiger partial charge < -0.3 is 4.74 Å². The minimum absolute atomic E-state index is 0.0202. The fraction of sp³-hybridized carbons (Fsp3) is 0.833. The molecule has 0 aromatic heterocycles. The summed E-state index contributed by atoms with van der Waals surface area (Å²) in [6.07, 6.45) is 7.05. The molecule has 0 aromatic carbocycles. The van der Waals surface area contributed by atoms with E-state index in [-0.39, 0.29) is 52.2 Å². The second kappa shape index (κ2) is 8.68. The van der Waals surface area contributed by atoms with E-state index in [1.807, 2.05) is 6.92 Å². The van der Waals surface area contributed by atoms with Crippen molar-refractivity contribution in [3.63, 3.8) is 0 Å². The van der Waals surface area contributed by atoms with E-state index in [2.05, 4.69) is 41.5 Å². The van der Waals surface area contributed by atoms with Crippen molar-refractivity contribution in [3.05, 3.63) is 11.1 Å². The summed E-state index contributed by atoms with van der Waals surface area (Å²) in [5.74, 6) is 0.651. The Hall–Kier alpha value is -1.29. The first-order valence-corrected chi connectivity index (χ1v) is 13.7. The van der Waals surface area contributed by atoms with Gasteiger partial charge >= 0.3 is 0 Å². The van der Waals surface area contributed by atoms with E-state index >= 15 is 0 Å². The van der Waals surface area contributed by atoms with Crippen LogP contribution in [0.1, 0.15) is 100 Å². The number of hydrogen-bond acceptors (Lipinski definition) is 4. The number of ether oxygens (including phenoxy) is 1. The second-order valence-corrected chi connectivity index (χ2v) is 13.2. The fourth-order valence-corrected chi connectivity index (χ4v) is 9.33. The third kappa shape index (κ3) is 3.52. The molecule has 9 atom stereocenters. The van der Waals surface area contributed by atoms with Gasteiger partial charge in [-0.05, 0) is 81.0 Å². The lowest BCUT2D eigenvalue weighted by atomic mass is 9.36. The summed E-state index contributed by atoms with van der Waals surface area (Å²) in [6.45, 7) is 17.5. The van der Waals surface area contributed by atoms with E-state index in [9.17, 15) is 14.4 Å². The largest absolute Gasteiger partial charge is 0.378 e. The lowest BCUT2D eigenvalue weighted by molar-refractivity contribution is -0.194. The predicted octanol–water partition coefficient (Wildman–Crippen LogP) is 6.36. The molecule has 0 saturated heterocycles. The lowest BCUT2D eigenvalue weighted by Gasteiger charge is -2.66. The molecule has 34 heavy (non-hydrogen) atoms. The molecule has 4 aliphatic rings. The van der Waals surface area contributed by atoms with Crippen LogP contribution in [0.15, 0.2) is 11.1 Å². The van der Waals surface area contributed by atoms with Gasteiger partial charge in [-0.25, -0.2) is 0 Å². The molecule has 0 bridgehead atoms. The van der Waals surface area contributed by atoms with Crippen LogP contribution in [0, 0.1) is 45.8 Å². The van der Waals surface area contributed by atoms with E-state index in [0.717, 1.165) is 57.1 Å². The van der Waals surface area contributed by atoms with Crippen LogP contribution in [-0.2, 0) is 19.1 Å². The summed E-state index contributed by atoms with van der Waals surface area (Å²) in [5, 5.41) is 0. The van der Waals surface area contributed by atoms with Crippen molar-refractivity contribution in [1.82, 2.24) is 0 Å². The Morgan fingerprint density at radius 1 is 1.12 bits per heavy atom. The third-order valence-corrected chi connectivity index (χ3v) is 11.0. The third-order valence-electron chi connectivity index (χ3n) is 11.0. The number of unbranched alkanes of at least 4 members (excludes halogenated alkanes) is 1. The molecule has 4 heteroatoms. The van der Waals surface area contributed by atoms with E-state index < -0.39 is 5.41 Å². The SMILES string of the molecule is CCCCOC1CCC(C)C2C(=O)C3C(C)C4(C)C(=O)C(C(C)=O)=C(C)CC4(C)CC3(C)CC12. The van der Waals surface area contributed by atoms with Crippen molar-refractivity contribution in [1.29, 1.82) is 0 Å². The Morgan fingerprint density at radius 3 is 2.41 bits per heavy atom. The zero-order valence-corrected chi connectivity index (χ0v) is 22.8. The van der Waals surface area contributed by atoms with Crippen LogP contribution in [-0.4, -0.2) is 30.1 Å². The maximum atomic E-state index is 14.4. The molecule has 4 nitrogen and oxygen atoms in total. The minimum Gasteiger partial charge on any atom is -0.378 e. The molecule has 0 spiro atoms. The molecule has 3 fully saturated rings. The zero-order valence-electron chi connectivity index (χ0n) is 22.8. The number of fused-ring (bicyclic) bond motifs is 3. The van der Waals surface area contributed by atoms with Gasteiger partial charge in [0.25, 0.3) is 0 Å². The molecule has 9 unspecified atom stereocenters. The van der Waals surface area contributed by atoms with Crippen LogP contribution in [0.4, 0.5) is 0 Å². The van der Waals surface area contributed by atoms with Crippen molar-refractivity contribution in [2.24, 2.45) is 45.8 Å². The first-order valence-electron chi connectivity index (χ1n) is 13.7. The number of rotatable bonds is 5. The molecular formula is C30H46O4. The van der Waals surface area contributed by atoms with Crippen LogP contribution in [0.25, 0.3) is 0 Å². The lowest BCUT2D eigenvalue weighted by Crippen LogP contribution is -2.66. The number of Topliss-reactive ketones (excluding diaryl/α,β-unsaturated/α-hetero) is 3. The molecule has 0 heterocycles. The second-order valence-electron chi connectivity index (χ2n) is 13.2. The first-order chi connectivity index (χ1) is 15.8. The predicted molar refractivity (Wildman–Crippen MR) is 134 cm³/mol. The molecule has 190 valence electrons. The van der Waals surface area contributed by atoms with Gasteiger partial charge in [0.1, 0.15) is 5.78 Å². The Morgan fingerprint density at radius 2 is 1.79 bits per heavy atom. The molecular weight excluding hydrogens is 424 g/mol. The van der Waals surface area contributed by atoms with Gasteiger partial charge in [-0.1, -0.05) is 53.5 Å². The molecule has 0 amide bonds. The highest BCUT2D eigenvalue weighted by Gasteiger charge is 2.69. The summed E-state index contributed by atoms with van der Waals surface area (Å²) >= 11 is 0. The van der Waals surface area contributed by atoms with E-state index in [4.69, 9.17) is 4.74 Å². The zero-order chi connectivity index (χ0) is 25.2. The molecule has 3 saturated carbocycles. The van der Waals surface area contributed by atoms with Crippen LogP contribution >= 0.6 is 0 Å². The smallest absolute Gasteiger partial charge is 0.173 e. The Balaban J connectivity index is 1.75. The number of carbonyl (C=O) groups excluding carboxylic acids is 3. The van der Waals surface area contributed by atoms with Crippen LogP contribution in [0.3, 0.4) is 0 Å². The molecule has 0 N–H and O–H groups in total. The van der Waals surface area contributed by atoms with Gasteiger partial charge in [0.15, 0.2) is 11.6 Å². The van der Waals surface area contributed by atoms with Crippen molar-refractivity contribution in [3.8, 4) is 0 Å². The number of allylic oxidation sites excluding steroid dienone is 2. The Bertz CT molecular complexity index is 917. The quantitative estimate of drug-likeness (QED) is 0.346. The topological polar surface area (TPSA) is 60.4 Å². The van der Waals surface area contributed by atoms with Crippen molar-refractivity contribution in [2.45, 2.75) is 106 Å². The maximum Gasteiger partial charge on any atom is 0.173 e. The van der Waals surface area contributed by atoms with Gasteiger partial charge in [0, 0.05) is 23.9 Å². The average Bonchev–Trinajstić information content (AvgIpc) is 2.72. The van der Waals surface area contributed by atoms with Crippen molar-refractivity contribution >= 4 is 17.3 Å². The molecule has 4 rings (SSSR count). The van der Waals surface area contributed by atoms with Crippen LogP contribution in [0.2, 0.25) is 0 Å². The summed E-state index contributed by atoms with van der Waals surface area (Å²) in [6, 6.07) is 0. The van der Waals surface area contributed by atoms with E-state index in [1.165, 1.54) is 6.92 Å². The molecule has 4 aliphatic carbocycles. The molecule has 0 aliphatic heterocycles. The van der Waals surface area contributed by atoms with Crippen LogP contribution in [0.5, 0.6) is 0 Å². The normalized spacial score (nSPS) is 46.6. The summed E-state index contributed by atoms with van der Waals surface area (Å²) < 4.78 is 6.42. The van der Waals surface area contributed by atoms with Gasteiger partial charge in [0.2, 0.25) is 0 Å².